The summed E-state index contributed by atoms with van der Waals surface area (Å²) in [5.74, 6) is -0.760. The highest BCUT2D eigenvalue weighted by molar-refractivity contribution is 9.10. The van der Waals surface area contributed by atoms with Crippen LogP contribution in [0.1, 0.15) is 53.1 Å². The molecule has 0 bridgehead atoms. The maximum atomic E-state index is 13.3. The lowest BCUT2D eigenvalue weighted by molar-refractivity contribution is 0.0960. The molecule has 0 aromatic heterocycles. The fourth-order valence-corrected chi connectivity index (χ4v) is 5.46. The van der Waals surface area contributed by atoms with Crippen LogP contribution in [0.2, 0.25) is 0 Å². The minimum absolute atomic E-state index is 0.118. The summed E-state index contributed by atoms with van der Waals surface area (Å²) in [6.45, 7) is 0. The van der Waals surface area contributed by atoms with Crippen molar-refractivity contribution in [1.29, 1.82) is 0 Å². The van der Waals surface area contributed by atoms with Gasteiger partial charge in [-0.2, -0.15) is 0 Å². The highest BCUT2D eigenvalue weighted by Crippen LogP contribution is 2.43. The molecule has 1 amide bonds. The summed E-state index contributed by atoms with van der Waals surface area (Å²) in [6, 6.07) is 8.84. The van der Waals surface area contributed by atoms with Crippen molar-refractivity contribution in [2.45, 2.75) is 48.3 Å². The third kappa shape index (κ3) is 4.43. The van der Waals surface area contributed by atoms with Gasteiger partial charge in [-0.15, -0.1) is 0 Å². The first-order valence-electron chi connectivity index (χ1n) is 9.65. The van der Waals surface area contributed by atoms with Crippen molar-refractivity contribution >= 4 is 37.4 Å². The average Bonchev–Trinajstić information content (AvgIpc) is 3.58. The molecule has 0 heterocycles. The normalized spacial score (nSPS) is 16.5. The Hall–Kier alpha value is -2.06. The fourth-order valence-electron chi connectivity index (χ4n) is 3.39. The maximum Gasteiger partial charge on any atom is 0.254 e. The predicted molar refractivity (Wildman–Crippen MR) is 115 cm³/mol. The van der Waals surface area contributed by atoms with Gasteiger partial charge in [-0.05, 0) is 61.4 Å². The lowest BCUT2D eigenvalue weighted by atomic mass is 10.0. The molecule has 0 radical (unpaired) electrons. The van der Waals surface area contributed by atoms with E-state index < -0.39 is 15.7 Å². The Morgan fingerprint density at radius 1 is 1.17 bits per heavy atom. The largest absolute Gasteiger partial charge is 0.507 e. The summed E-state index contributed by atoms with van der Waals surface area (Å²) in [6.07, 6.45) is 4.06. The number of hydrogen-bond donors (Lipinski definition) is 3. The quantitative estimate of drug-likeness (QED) is 0.559. The Labute approximate surface area is 178 Å². The van der Waals surface area contributed by atoms with Gasteiger partial charge in [-0.25, -0.2) is 8.42 Å². The highest BCUT2D eigenvalue weighted by Gasteiger charge is 2.30. The fraction of sp³-hybridized carbons (Fsp3) is 0.381. The van der Waals surface area contributed by atoms with Crippen molar-refractivity contribution < 1.29 is 18.3 Å². The first-order chi connectivity index (χ1) is 13.8. The number of sulfone groups is 1. The van der Waals surface area contributed by atoms with Gasteiger partial charge in [0.1, 0.15) is 5.75 Å². The number of rotatable bonds is 7. The van der Waals surface area contributed by atoms with Crippen LogP contribution >= 0.6 is 15.9 Å². The third-order valence-electron chi connectivity index (χ3n) is 5.29. The Morgan fingerprint density at radius 3 is 2.52 bits per heavy atom. The molecule has 3 N–H and O–H groups in total. The van der Waals surface area contributed by atoms with Gasteiger partial charge >= 0.3 is 0 Å². The molecular weight excluding hydrogens is 456 g/mol. The summed E-state index contributed by atoms with van der Waals surface area (Å²) in [5.41, 5.74) is 1.84. The molecule has 0 spiro atoms. The van der Waals surface area contributed by atoms with Crippen molar-refractivity contribution in [2.24, 2.45) is 0 Å². The number of nitrogens with one attached hydrogen (secondary N) is 2. The number of phenolic OH excluding ortho intramolecular Hbond substituents is 1. The third-order valence-corrected chi connectivity index (χ3v) is 7.49. The van der Waals surface area contributed by atoms with Crippen molar-refractivity contribution in [3.05, 3.63) is 51.5 Å². The van der Waals surface area contributed by atoms with E-state index in [1.54, 1.807) is 30.3 Å². The van der Waals surface area contributed by atoms with E-state index in [1.165, 1.54) is 7.05 Å². The van der Waals surface area contributed by atoms with Crippen LogP contribution in [0, 0.1) is 0 Å². The van der Waals surface area contributed by atoms with Gasteiger partial charge in [-0.3, -0.25) is 4.79 Å². The lowest BCUT2D eigenvalue weighted by Crippen LogP contribution is -2.19. The smallest absolute Gasteiger partial charge is 0.254 e. The Morgan fingerprint density at radius 2 is 1.90 bits per heavy atom. The molecule has 8 heteroatoms. The van der Waals surface area contributed by atoms with Gasteiger partial charge in [0.25, 0.3) is 5.91 Å². The zero-order chi connectivity index (χ0) is 20.8. The van der Waals surface area contributed by atoms with E-state index in [0.29, 0.717) is 22.1 Å². The summed E-state index contributed by atoms with van der Waals surface area (Å²) < 4.78 is 27.3. The molecule has 0 saturated heterocycles. The van der Waals surface area contributed by atoms with E-state index in [1.807, 2.05) is 0 Å². The first-order valence-corrected chi connectivity index (χ1v) is 12.1. The molecule has 0 atom stereocenters. The number of amides is 1. The Bertz CT molecular complexity index is 1080. The van der Waals surface area contributed by atoms with Crippen LogP contribution in [0.4, 0.5) is 5.69 Å². The van der Waals surface area contributed by atoms with Crippen molar-refractivity contribution in [3.8, 4) is 5.75 Å². The summed E-state index contributed by atoms with van der Waals surface area (Å²) in [5, 5.41) is 16.4. The molecule has 2 fully saturated rings. The van der Waals surface area contributed by atoms with Crippen LogP contribution in [0.25, 0.3) is 0 Å². The Balaban J connectivity index is 1.74. The van der Waals surface area contributed by atoms with E-state index in [2.05, 4.69) is 26.6 Å². The maximum absolute atomic E-state index is 13.3. The van der Waals surface area contributed by atoms with Crippen LogP contribution in [-0.2, 0) is 15.6 Å². The number of aromatic hydroxyl groups is 1. The number of anilines is 1. The summed E-state index contributed by atoms with van der Waals surface area (Å²) in [4.78, 5) is 12.4. The molecule has 0 aliphatic heterocycles. The number of carbonyl (C=O) groups is 1. The van der Waals surface area contributed by atoms with Gasteiger partial charge in [-0.1, -0.05) is 22.0 Å². The second-order valence-corrected chi connectivity index (χ2v) is 10.6. The van der Waals surface area contributed by atoms with Gasteiger partial charge in [0.05, 0.1) is 21.9 Å². The second kappa shape index (κ2) is 7.65. The molecule has 0 unspecified atom stereocenters. The minimum Gasteiger partial charge on any atom is -0.507 e. The topological polar surface area (TPSA) is 95.5 Å². The molecule has 6 nitrogen and oxygen atoms in total. The van der Waals surface area contributed by atoms with Gasteiger partial charge < -0.3 is 15.7 Å². The molecule has 2 aromatic carbocycles. The predicted octanol–water partition coefficient (Wildman–Crippen LogP) is 3.94. The molecule has 4 rings (SSSR count). The summed E-state index contributed by atoms with van der Waals surface area (Å²) in [7, 11) is -2.28. The van der Waals surface area contributed by atoms with Crippen molar-refractivity contribution in [2.75, 3.05) is 12.4 Å². The molecular formula is C21H23BrN2O4S. The molecule has 29 heavy (non-hydrogen) atoms. The van der Waals surface area contributed by atoms with Crippen molar-refractivity contribution in [1.82, 2.24) is 5.32 Å². The summed E-state index contributed by atoms with van der Waals surface area (Å²) >= 11 is 3.35. The van der Waals surface area contributed by atoms with Crippen LogP contribution in [0.5, 0.6) is 5.75 Å². The van der Waals surface area contributed by atoms with Crippen LogP contribution in [0.15, 0.2) is 39.7 Å². The zero-order valence-electron chi connectivity index (χ0n) is 16.0. The second-order valence-electron chi connectivity index (χ2n) is 7.75. The van der Waals surface area contributed by atoms with E-state index in [9.17, 15) is 18.3 Å². The van der Waals surface area contributed by atoms with Gasteiger partial charge in [0.15, 0.2) is 9.84 Å². The molecule has 2 aromatic rings. The average molecular weight is 479 g/mol. The van der Waals surface area contributed by atoms with Gasteiger partial charge in [0, 0.05) is 23.1 Å². The monoisotopic (exact) mass is 478 g/mol. The van der Waals surface area contributed by atoms with E-state index in [-0.39, 0.29) is 27.5 Å². The number of phenols is 1. The van der Waals surface area contributed by atoms with E-state index in [4.69, 9.17) is 0 Å². The van der Waals surface area contributed by atoms with Crippen LogP contribution in [-0.4, -0.2) is 32.5 Å². The van der Waals surface area contributed by atoms with E-state index >= 15 is 0 Å². The van der Waals surface area contributed by atoms with Gasteiger partial charge in [0.2, 0.25) is 0 Å². The SMILES string of the molecule is CNC(=O)c1cc(C2CC2)cc(CS(=O)(=O)c2cc(Br)ccc2NC2CC2)c1O. The van der Waals surface area contributed by atoms with Crippen molar-refractivity contribution in [3.63, 3.8) is 0 Å². The first kappa shape index (κ1) is 20.2. The highest BCUT2D eigenvalue weighted by atomic mass is 79.9. The standard InChI is InChI=1S/C21H23BrN2O4S/c1-23-21(26)17-9-13(12-2-3-12)8-14(20(17)25)11-29(27,28)19-10-15(22)4-7-18(19)24-16-5-6-16/h4,7-10,12,16,24-25H,2-3,5-6,11H2,1H3,(H,23,26). The number of halogens is 1. The Kier molecular flexibility index (Phi) is 5.33. The lowest BCUT2D eigenvalue weighted by Gasteiger charge is -2.15. The van der Waals surface area contributed by atoms with E-state index in [0.717, 1.165) is 31.2 Å². The number of hydrogen-bond acceptors (Lipinski definition) is 5. The van der Waals surface area contributed by atoms with Crippen LogP contribution in [0.3, 0.4) is 0 Å². The number of benzene rings is 2. The molecule has 2 aliphatic carbocycles. The zero-order valence-corrected chi connectivity index (χ0v) is 18.4. The minimum atomic E-state index is -3.76. The molecule has 2 saturated carbocycles. The molecule has 154 valence electrons. The molecule has 2 aliphatic rings. The number of carbonyl (C=O) groups excluding carboxylic acids is 1. The van der Waals surface area contributed by atoms with Crippen LogP contribution < -0.4 is 10.6 Å².